The maximum absolute atomic E-state index is 12.0. The standard InChI is InChI=1S/C13H23NO3/c1-8-5-9(10(6-8)12(16)17)11(15)14-7-13(2,3)4/h8-10H,5-7H2,1-4H3,(H,14,15)(H,16,17). The smallest absolute Gasteiger partial charge is 0.307 e. The summed E-state index contributed by atoms with van der Waals surface area (Å²) in [4.78, 5) is 23.1. The Hall–Kier alpha value is -1.06. The highest BCUT2D eigenvalue weighted by molar-refractivity contribution is 5.85. The van der Waals surface area contributed by atoms with Crippen molar-refractivity contribution in [3.8, 4) is 0 Å². The molecule has 0 spiro atoms. The van der Waals surface area contributed by atoms with E-state index in [1.165, 1.54) is 0 Å². The van der Waals surface area contributed by atoms with Gasteiger partial charge in [0.2, 0.25) is 5.91 Å². The summed E-state index contributed by atoms with van der Waals surface area (Å²) in [5, 5.41) is 12.0. The van der Waals surface area contributed by atoms with Crippen LogP contribution in [0.25, 0.3) is 0 Å². The number of nitrogens with one attached hydrogen (secondary N) is 1. The molecule has 0 saturated heterocycles. The molecule has 1 aliphatic rings. The molecule has 2 N–H and O–H groups in total. The molecule has 0 aromatic heterocycles. The van der Waals surface area contributed by atoms with Crippen LogP contribution in [0.15, 0.2) is 0 Å². The molecule has 0 aromatic carbocycles. The van der Waals surface area contributed by atoms with Crippen molar-refractivity contribution in [2.45, 2.75) is 40.5 Å². The summed E-state index contributed by atoms with van der Waals surface area (Å²) < 4.78 is 0. The van der Waals surface area contributed by atoms with Gasteiger partial charge in [0, 0.05) is 6.54 Å². The van der Waals surface area contributed by atoms with Gasteiger partial charge in [-0.1, -0.05) is 27.7 Å². The molecule has 0 radical (unpaired) electrons. The number of hydrogen-bond acceptors (Lipinski definition) is 2. The predicted molar refractivity (Wildman–Crippen MR) is 65.5 cm³/mol. The Kier molecular flexibility index (Phi) is 4.17. The number of carboxylic acid groups (broad SMARTS) is 1. The van der Waals surface area contributed by atoms with E-state index < -0.39 is 11.9 Å². The van der Waals surface area contributed by atoms with Gasteiger partial charge in [-0.2, -0.15) is 0 Å². The summed E-state index contributed by atoms with van der Waals surface area (Å²) in [6.07, 6.45) is 1.30. The summed E-state index contributed by atoms with van der Waals surface area (Å²) in [6, 6.07) is 0. The van der Waals surface area contributed by atoms with Crippen LogP contribution in [0.5, 0.6) is 0 Å². The van der Waals surface area contributed by atoms with Crippen LogP contribution >= 0.6 is 0 Å². The second kappa shape index (κ2) is 5.07. The number of amides is 1. The van der Waals surface area contributed by atoms with Crippen LogP contribution in [0.1, 0.15) is 40.5 Å². The minimum absolute atomic E-state index is 0.0264. The quantitative estimate of drug-likeness (QED) is 0.793. The van der Waals surface area contributed by atoms with Gasteiger partial charge >= 0.3 is 5.97 Å². The maximum Gasteiger partial charge on any atom is 0.307 e. The van der Waals surface area contributed by atoms with Crippen molar-refractivity contribution in [3.05, 3.63) is 0 Å². The first kappa shape index (κ1) is 14.0. The normalized spacial score (nSPS) is 29.1. The summed E-state index contributed by atoms with van der Waals surface area (Å²) in [6.45, 7) is 8.72. The van der Waals surface area contributed by atoms with E-state index in [0.29, 0.717) is 25.3 Å². The van der Waals surface area contributed by atoms with Gasteiger partial charge in [-0.05, 0) is 24.2 Å². The van der Waals surface area contributed by atoms with Gasteiger partial charge in [0.15, 0.2) is 0 Å². The van der Waals surface area contributed by atoms with Gasteiger partial charge in [-0.3, -0.25) is 9.59 Å². The van der Waals surface area contributed by atoms with Crippen molar-refractivity contribution in [1.82, 2.24) is 5.32 Å². The summed E-state index contributed by atoms with van der Waals surface area (Å²) in [5.41, 5.74) is 0.0264. The summed E-state index contributed by atoms with van der Waals surface area (Å²) in [5.74, 6) is -1.49. The van der Waals surface area contributed by atoms with Gasteiger partial charge in [-0.25, -0.2) is 0 Å². The average Bonchev–Trinajstić information content (AvgIpc) is 2.55. The molecule has 17 heavy (non-hydrogen) atoms. The zero-order valence-electron chi connectivity index (χ0n) is 11.1. The minimum Gasteiger partial charge on any atom is -0.481 e. The number of carbonyl (C=O) groups is 2. The molecule has 3 atom stereocenters. The first-order valence-electron chi connectivity index (χ1n) is 6.21. The largest absolute Gasteiger partial charge is 0.481 e. The lowest BCUT2D eigenvalue weighted by Gasteiger charge is -2.21. The van der Waals surface area contributed by atoms with E-state index in [1.807, 2.05) is 27.7 Å². The van der Waals surface area contributed by atoms with Crippen molar-refractivity contribution in [2.75, 3.05) is 6.54 Å². The van der Waals surface area contributed by atoms with Crippen molar-refractivity contribution in [2.24, 2.45) is 23.2 Å². The molecule has 3 unspecified atom stereocenters. The van der Waals surface area contributed by atoms with E-state index >= 15 is 0 Å². The van der Waals surface area contributed by atoms with Crippen LogP contribution in [-0.2, 0) is 9.59 Å². The summed E-state index contributed by atoms with van der Waals surface area (Å²) in [7, 11) is 0. The van der Waals surface area contributed by atoms with Crippen LogP contribution in [0.3, 0.4) is 0 Å². The van der Waals surface area contributed by atoms with Gasteiger partial charge in [0.1, 0.15) is 0 Å². The molecular weight excluding hydrogens is 218 g/mol. The number of aliphatic carboxylic acids is 1. The highest BCUT2D eigenvalue weighted by atomic mass is 16.4. The van der Waals surface area contributed by atoms with Crippen LogP contribution in [-0.4, -0.2) is 23.5 Å². The molecule has 0 bridgehead atoms. The van der Waals surface area contributed by atoms with Gasteiger partial charge in [-0.15, -0.1) is 0 Å². The third kappa shape index (κ3) is 4.02. The molecule has 4 nitrogen and oxygen atoms in total. The molecule has 0 aliphatic heterocycles. The Morgan fingerprint density at radius 2 is 1.76 bits per heavy atom. The zero-order chi connectivity index (χ0) is 13.2. The first-order chi connectivity index (χ1) is 7.70. The fraction of sp³-hybridized carbons (Fsp3) is 0.846. The zero-order valence-corrected chi connectivity index (χ0v) is 11.1. The Bertz CT molecular complexity index is 306. The van der Waals surface area contributed by atoms with Crippen molar-refractivity contribution < 1.29 is 14.7 Å². The Balaban J connectivity index is 2.59. The van der Waals surface area contributed by atoms with E-state index in [-0.39, 0.29) is 17.2 Å². The molecule has 1 saturated carbocycles. The van der Waals surface area contributed by atoms with Crippen molar-refractivity contribution >= 4 is 11.9 Å². The van der Waals surface area contributed by atoms with E-state index in [2.05, 4.69) is 5.32 Å². The molecule has 1 fully saturated rings. The Morgan fingerprint density at radius 3 is 2.24 bits per heavy atom. The van der Waals surface area contributed by atoms with Crippen LogP contribution in [0, 0.1) is 23.2 Å². The predicted octanol–water partition coefficient (Wildman–Crippen LogP) is 1.90. The SMILES string of the molecule is CC1CC(C(=O)O)C(C(=O)NCC(C)(C)C)C1. The fourth-order valence-corrected chi connectivity index (χ4v) is 2.34. The number of carbonyl (C=O) groups excluding carboxylic acids is 1. The van der Waals surface area contributed by atoms with E-state index in [4.69, 9.17) is 5.11 Å². The third-order valence-electron chi connectivity index (χ3n) is 3.25. The second-order valence-electron chi connectivity index (χ2n) is 6.41. The van der Waals surface area contributed by atoms with Crippen molar-refractivity contribution in [3.63, 3.8) is 0 Å². The first-order valence-corrected chi connectivity index (χ1v) is 6.21. The third-order valence-corrected chi connectivity index (χ3v) is 3.25. The average molecular weight is 241 g/mol. The van der Waals surface area contributed by atoms with Crippen LogP contribution in [0.4, 0.5) is 0 Å². The molecule has 1 aliphatic carbocycles. The topological polar surface area (TPSA) is 66.4 Å². The van der Waals surface area contributed by atoms with E-state index in [1.54, 1.807) is 0 Å². The molecule has 4 heteroatoms. The second-order valence-corrected chi connectivity index (χ2v) is 6.41. The lowest BCUT2D eigenvalue weighted by atomic mass is 9.93. The molecular formula is C13H23NO3. The van der Waals surface area contributed by atoms with Crippen molar-refractivity contribution in [1.29, 1.82) is 0 Å². The minimum atomic E-state index is -0.842. The highest BCUT2D eigenvalue weighted by Gasteiger charge is 2.41. The lowest BCUT2D eigenvalue weighted by molar-refractivity contribution is -0.146. The van der Waals surface area contributed by atoms with Crippen LogP contribution < -0.4 is 5.32 Å². The molecule has 0 aromatic rings. The van der Waals surface area contributed by atoms with Gasteiger partial charge < -0.3 is 10.4 Å². The maximum atomic E-state index is 12.0. The molecule has 98 valence electrons. The molecule has 0 heterocycles. The van der Waals surface area contributed by atoms with E-state index in [9.17, 15) is 9.59 Å². The summed E-state index contributed by atoms with van der Waals surface area (Å²) >= 11 is 0. The lowest BCUT2D eigenvalue weighted by Crippen LogP contribution is -2.39. The number of carboxylic acids is 1. The number of hydrogen-bond donors (Lipinski definition) is 2. The monoisotopic (exact) mass is 241 g/mol. The van der Waals surface area contributed by atoms with Crippen LogP contribution in [0.2, 0.25) is 0 Å². The Morgan fingerprint density at radius 1 is 1.24 bits per heavy atom. The molecule has 1 amide bonds. The molecule has 1 rings (SSSR count). The van der Waals surface area contributed by atoms with E-state index in [0.717, 1.165) is 0 Å². The number of rotatable bonds is 3. The van der Waals surface area contributed by atoms with Gasteiger partial charge in [0.05, 0.1) is 11.8 Å². The van der Waals surface area contributed by atoms with Gasteiger partial charge in [0.25, 0.3) is 0 Å². The Labute approximate surface area is 103 Å². The fourth-order valence-electron chi connectivity index (χ4n) is 2.34. The highest BCUT2D eigenvalue weighted by Crippen LogP contribution is 2.36.